The molecule has 0 fully saturated rings. The van der Waals surface area contributed by atoms with Crippen LogP contribution in [0, 0.1) is 17.2 Å². The molecule has 1 atom stereocenters. The standard InChI is InChI=1S/C14H16N2O2/c1-10(2)13(14(17)18-3)16-9-12-6-4-11(8-15)5-7-12/h4-7,9-10,13H,1-3H3/t13-/m0/s1. The van der Waals surface area contributed by atoms with Crippen LogP contribution in [-0.4, -0.2) is 25.3 Å². The molecule has 0 aromatic heterocycles. The number of nitriles is 1. The number of carbonyl (C=O) groups is 1. The SMILES string of the molecule is COC(=O)[C@@H](N=Cc1ccc(C#N)cc1)C(C)C. The molecule has 0 saturated carbocycles. The van der Waals surface area contributed by atoms with E-state index in [0.717, 1.165) is 5.56 Å². The first-order valence-corrected chi connectivity index (χ1v) is 5.69. The smallest absolute Gasteiger partial charge is 0.330 e. The molecule has 0 saturated heterocycles. The molecule has 0 N–H and O–H groups in total. The summed E-state index contributed by atoms with van der Waals surface area (Å²) in [6.07, 6.45) is 1.63. The number of carbonyl (C=O) groups excluding carboxylic acids is 1. The molecule has 4 nitrogen and oxygen atoms in total. The highest BCUT2D eigenvalue weighted by Crippen LogP contribution is 2.09. The molecule has 0 unspecified atom stereocenters. The molecule has 0 radical (unpaired) electrons. The van der Waals surface area contributed by atoms with Crippen LogP contribution in [0.15, 0.2) is 29.3 Å². The maximum atomic E-state index is 11.5. The number of ether oxygens (including phenoxy) is 1. The number of hydrogen-bond acceptors (Lipinski definition) is 4. The summed E-state index contributed by atoms with van der Waals surface area (Å²) in [4.78, 5) is 15.7. The van der Waals surface area contributed by atoms with E-state index in [1.807, 2.05) is 19.9 Å². The Morgan fingerprint density at radius 2 is 2.00 bits per heavy atom. The van der Waals surface area contributed by atoms with Gasteiger partial charge < -0.3 is 4.74 Å². The predicted octanol–water partition coefficient (Wildman–Crippen LogP) is 2.17. The Morgan fingerprint density at radius 3 is 2.44 bits per heavy atom. The van der Waals surface area contributed by atoms with Crippen molar-refractivity contribution in [1.82, 2.24) is 0 Å². The first-order valence-electron chi connectivity index (χ1n) is 5.69. The minimum atomic E-state index is -0.495. The van der Waals surface area contributed by atoms with E-state index in [1.165, 1.54) is 7.11 Å². The summed E-state index contributed by atoms with van der Waals surface area (Å²) in [5.74, 6) is -0.262. The number of aliphatic imine (C=N–C) groups is 1. The molecule has 1 aromatic carbocycles. The molecular weight excluding hydrogens is 228 g/mol. The fourth-order valence-corrected chi connectivity index (χ4v) is 1.44. The molecular formula is C14H16N2O2. The predicted molar refractivity (Wildman–Crippen MR) is 69.4 cm³/mol. The molecule has 0 spiro atoms. The van der Waals surface area contributed by atoms with E-state index in [2.05, 4.69) is 4.99 Å². The number of hydrogen-bond donors (Lipinski definition) is 0. The second-order valence-corrected chi connectivity index (χ2v) is 4.22. The monoisotopic (exact) mass is 244 g/mol. The van der Waals surface area contributed by atoms with Gasteiger partial charge in [-0.1, -0.05) is 26.0 Å². The average Bonchev–Trinajstić information content (AvgIpc) is 2.39. The van der Waals surface area contributed by atoms with E-state index in [-0.39, 0.29) is 11.9 Å². The lowest BCUT2D eigenvalue weighted by Crippen LogP contribution is -2.25. The minimum absolute atomic E-state index is 0.0760. The van der Waals surface area contributed by atoms with Gasteiger partial charge in [0.05, 0.1) is 18.7 Å². The molecule has 18 heavy (non-hydrogen) atoms. The minimum Gasteiger partial charge on any atom is -0.467 e. The van der Waals surface area contributed by atoms with E-state index in [9.17, 15) is 4.79 Å². The van der Waals surface area contributed by atoms with Crippen molar-refractivity contribution in [3.8, 4) is 6.07 Å². The van der Waals surface area contributed by atoms with Crippen LogP contribution < -0.4 is 0 Å². The summed E-state index contributed by atoms with van der Waals surface area (Å²) in [5, 5.41) is 8.68. The Balaban J connectivity index is 2.83. The summed E-state index contributed by atoms with van der Waals surface area (Å²) in [7, 11) is 1.36. The van der Waals surface area contributed by atoms with Gasteiger partial charge in [0.25, 0.3) is 0 Å². The molecule has 1 aromatic rings. The second kappa shape index (κ2) is 6.55. The zero-order valence-corrected chi connectivity index (χ0v) is 10.8. The molecule has 0 aliphatic carbocycles. The van der Waals surface area contributed by atoms with E-state index >= 15 is 0 Å². The number of methoxy groups -OCH3 is 1. The van der Waals surface area contributed by atoms with Crippen molar-refractivity contribution in [2.24, 2.45) is 10.9 Å². The summed E-state index contributed by atoms with van der Waals surface area (Å²) in [6, 6.07) is 8.55. The number of esters is 1. The summed E-state index contributed by atoms with van der Waals surface area (Å²) < 4.78 is 4.70. The van der Waals surface area contributed by atoms with Gasteiger partial charge in [-0.15, -0.1) is 0 Å². The van der Waals surface area contributed by atoms with Crippen LogP contribution >= 0.6 is 0 Å². The van der Waals surface area contributed by atoms with Gasteiger partial charge in [0.1, 0.15) is 6.04 Å². The topological polar surface area (TPSA) is 62.4 Å². The first kappa shape index (κ1) is 13.9. The highest BCUT2D eigenvalue weighted by Gasteiger charge is 2.20. The molecule has 1 rings (SSSR count). The quantitative estimate of drug-likeness (QED) is 0.602. The van der Waals surface area contributed by atoms with E-state index in [4.69, 9.17) is 10.00 Å². The van der Waals surface area contributed by atoms with Gasteiger partial charge in [0, 0.05) is 6.21 Å². The van der Waals surface area contributed by atoms with Gasteiger partial charge in [0.15, 0.2) is 0 Å². The molecule has 0 amide bonds. The summed E-state index contributed by atoms with van der Waals surface area (Å²) in [5.41, 5.74) is 1.45. The van der Waals surface area contributed by atoms with Gasteiger partial charge in [-0.2, -0.15) is 5.26 Å². The van der Waals surface area contributed by atoms with Crippen LogP contribution in [0.1, 0.15) is 25.0 Å². The van der Waals surface area contributed by atoms with Crippen molar-refractivity contribution in [3.63, 3.8) is 0 Å². The zero-order chi connectivity index (χ0) is 13.5. The van der Waals surface area contributed by atoms with Crippen molar-refractivity contribution < 1.29 is 9.53 Å². The maximum Gasteiger partial charge on any atom is 0.330 e. The Kier molecular flexibility index (Phi) is 5.06. The van der Waals surface area contributed by atoms with Crippen molar-refractivity contribution in [2.45, 2.75) is 19.9 Å². The van der Waals surface area contributed by atoms with Crippen LogP contribution in [-0.2, 0) is 9.53 Å². The van der Waals surface area contributed by atoms with Crippen LogP contribution in [0.4, 0.5) is 0 Å². The fraction of sp³-hybridized carbons (Fsp3) is 0.357. The molecule has 4 heteroatoms. The zero-order valence-electron chi connectivity index (χ0n) is 10.8. The Labute approximate surface area is 107 Å². The van der Waals surface area contributed by atoms with Crippen molar-refractivity contribution in [3.05, 3.63) is 35.4 Å². The Bertz CT molecular complexity index is 470. The van der Waals surface area contributed by atoms with Crippen LogP contribution in [0.5, 0.6) is 0 Å². The van der Waals surface area contributed by atoms with Crippen molar-refractivity contribution in [1.29, 1.82) is 5.26 Å². The normalized spacial score (nSPS) is 12.4. The molecule has 94 valence electrons. The number of rotatable bonds is 4. The van der Waals surface area contributed by atoms with Crippen LogP contribution in [0.2, 0.25) is 0 Å². The van der Waals surface area contributed by atoms with Gasteiger partial charge in [0.2, 0.25) is 0 Å². The van der Waals surface area contributed by atoms with Gasteiger partial charge in [-0.25, -0.2) is 4.79 Å². The van der Waals surface area contributed by atoms with E-state index in [0.29, 0.717) is 5.56 Å². The third-order valence-electron chi connectivity index (χ3n) is 2.50. The van der Waals surface area contributed by atoms with Gasteiger partial charge >= 0.3 is 5.97 Å². The molecule has 0 heterocycles. The average molecular weight is 244 g/mol. The number of benzene rings is 1. The Hall–Kier alpha value is -2.15. The molecule has 0 aliphatic rings. The largest absolute Gasteiger partial charge is 0.467 e. The van der Waals surface area contributed by atoms with E-state index < -0.39 is 6.04 Å². The highest BCUT2D eigenvalue weighted by atomic mass is 16.5. The van der Waals surface area contributed by atoms with Crippen molar-refractivity contribution >= 4 is 12.2 Å². The van der Waals surface area contributed by atoms with Crippen LogP contribution in [0.3, 0.4) is 0 Å². The maximum absolute atomic E-state index is 11.5. The summed E-state index contributed by atoms with van der Waals surface area (Å²) >= 11 is 0. The van der Waals surface area contributed by atoms with Gasteiger partial charge in [-0.3, -0.25) is 4.99 Å². The third kappa shape index (κ3) is 3.70. The third-order valence-corrected chi connectivity index (χ3v) is 2.50. The second-order valence-electron chi connectivity index (χ2n) is 4.22. The highest BCUT2D eigenvalue weighted by molar-refractivity contribution is 5.84. The first-order chi connectivity index (χ1) is 8.58. The van der Waals surface area contributed by atoms with Gasteiger partial charge in [-0.05, 0) is 23.6 Å². The lowest BCUT2D eigenvalue weighted by molar-refractivity contribution is -0.143. The lowest BCUT2D eigenvalue weighted by Gasteiger charge is -2.13. The lowest BCUT2D eigenvalue weighted by atomic mass is 10.1. The summed E-state index contributed by atoms with van der Waals surface area (Å²) in [6.45, 7) is 3.83. The fourth-order valence-electron chi connectivity index (χ4n) is 1.44. The number of nitrogens with zero attached hydrogens (tertiary/aromatic N) is 2. The molecule has 0 bridgehead atoms. The van der Waals surface area contributed by atoms with Crippen LogP contribution in [0.25, 0.3) is 0 Å². The molecule has 0 aliphatic heterocycles. The Morgan fingerprint density at radius 1 is 1.39 bits per heavy atom. The van der Waals surface area contributed by atoms with Crippen molar-refractivity contribution in [2.75, 3.05) is 7.11 Å². The van der Waals surface area contributed by atoms with E-state index in [1.54, 1.807) is 30.5 Å².